The maximum Gasteiger partial charge on any atom is 0.307 e. The zero-order valence-electron chi connectivity index (χ0n) is 10.9. The maximum absolute atomic E-state index is 13.6. The van der Waals surface area contributed by atoms with Crippen molar-refractivity contribution >= 4 is 5.69 Å². The number of ether oxygens (including phenoxy) is 1. The van der Waals surface area contributed by atoms with Crippen molar-refractivity contribution in [1.82, 2.24) is 4.98 Å². The second-order valence-electron chi connectivity index (χ2n) is 4.30. The normalized spacial score (nSPS) is 12.0. The van der Waals surface area contributed by atoms with Crippen LogP contribution in [0.3, 0.4) is 0 Å². The molecule has 8 heteroatoms. The van der Waals surface area contributed by atoms with Crippen molar-refractivity contribution in [3.8, 4) is 11.5 Å². The highest BCUT2D eigenvalue weighted by Gasteiger charge is 2.19. The van der Waals surface area contributed by atoms with E-state index in [1.807, 2.05) is 0 Å². The molecule has 1 atom stereocenters. The molecule has 21 heavy (non-hydrogen) atoms. The van der Waals surface area contributed by atoms with Crippen LogP contribution in [0, 0.1) is 21.7 Å². The van der Waals surface area contributed by atoms with Gasteiger partial charge in [-0.25, -0.2) is 4.39 Å². The molecule has 6 nitrogen and oxygen atoms in total. The van der Waals surface area contributed by atoms with Crippen LogP contribution in [-0.4, -0.2) is 9.91 Å². The van der Waals surface area contributed by atoms with Gasteiger partial charge in [-0.2, -0.15) is 4.39 Å². The molecule has 110 valence electrons. The lowest BCUT2D eigenvalue weighted by Gasteiger charge is -2.08. The molecule has 0 aliphatic heterocycles. The maximum atomic E-state index is 13.6. The fraction of sp³-hybridized carbons (Fsp3) is 0.154. The Balaban J connectivity index is 2.27. The monoisotopic (exact) mass is 295 g/mol. The van der Waals surface area contributed by atoms with Crippen LogP contribution in [0.25, 0.3) is 0 Å². The van der Waals surface area contributed by atoms with Gasteiger partial charge in [0.05, 0.1) is 22.9 Å². The van der Waals surface area contributed by atoms with Gasteiger partial charge in [-0.1, -0.05) is 0 Å². The third-order valence-electron chi connectivity index (χ3n) is 2.65. The third-order valence-corrected chi connectivity index (χ3v) is 2.65. The summed E-state index contributed by atoms with van der Waals surface area (Å²) in [5, 5.41) is 10.5. The number of nitro groups is 1. The Morgan fingerprint density at radius 1 is 1.33 bits per heavy atom. The van der Waals surface area contributed by atoms with Crippen molar-refractivity contribution in [1.29, 1.82) is 0 Å². The molecule has 0 aliphatic rings. The number of benzene rings is 1. The van der Waals surface area contributed by atoms with Crippen LogP contribution < -0.4 is 10.5 Å². The molecule has 0 amide bonds. The summed E-state index contributed by atoms with van der Waals surface area (Å²) >= 11 is 0. The molecule has 2 aromatic rings. The van der Waals surface area contributed by atoms with Crippen molar-refractivity contribution < 1.29 is 18.4 Å². The average molecular weight is 295 g/mol. The van der Waals surface area contributed by atoms with Crippen molar-refractivity contribution in [3.63, 3.8) is 0 Å². The quantitative estimate of drug-likeness (QED) is 0.691. The van der Waals surface area contributed by atoms with Gasteiger partial charge in [-0.3, -0.25) is 15.1 Å². The van der Waals surface area contributed by atoms with Gasteiger partial charge in [0.2, 0.25) is 5.82 Å². The number of rotatable bonds is 4. The highest BCUT2D eigenvalue weighted by Crippen LogP contribution is 2.29. The number of hydrogen-bond acceptors (Lipinski definition) is 5. The standard InChI is InChI=1S/C13H11F2N3O3/c1-7(16)11-3-2-8(6-17-11)21-13-5-9(14)12(18(19)20)4-10(13)15/h2-7H,16H2,1H3/t7-/m0/s1. The summed E-state index contributed by atoms with van der Waals surface area (Å²) < 4.78 is 32.2. The Morgan fingerprint density at radius 3 is 2.57 bits per heavy atom. The predicted octanol–water partition coefficient (Wildman–Crippen LogP) is 3.08. The van der Waals surface area contributed by atoms with Crippen molar-refractivity contribution in [3.05, 3.63) is 57.9 Å². The highest BCUT2D eigenvalue weighted by atomic mass is 19.1. The Hall–Kier alpha value is -2.61. The Kier molecular flexibility index (Phi) is 4.08. The lowest BCUT2D eigenvalue weighted by Crippen LogP contribution is -2.06. The first kappa shape index (κ1) is 14.8. The molecule has 1 aromatic carbocycles. The fourth-order valence-electron chi connectivity index (χ4n) is 1.58. The number of nitrogens with zero attached hydrogens (tertiary/aromatic N) is 2. The first-order valence-electron chi connectivity index (χ1n) is 5.91. The van der Waals surface area contributed by atoms with Gasteiger partial charge in [-0.15, -0.1) is 0 Å². The van der Waals surface area contributed by atoms with Gasteiger partial charge in [0.15, 0.2) is 11.6 Å². The molecule has 2 rings (SSSR count). The van der Waals surface area contributed by atoms with E-state index in [-0.39, 0.29) is 11.8 Å². The van der Waals surface area contributed by atoms with Crippen LogP contribution in [0.4, 0.5) is 14.5 Å². The lowest BCUT2D eigenvalue weighted by atomic mass is 10.2. The van der Waals surface area contributed by atoms with E-state index in [0.29, 0.717) is 17.8 Å². The second-order valence-corrected chi connectivity index (χ2v) is 4.30. The topological polar surface area (TPSA) is 91.3 Å². The predicted molar refractivity (Wildman–Crippen MR) is 69.9 cm³/mol. The molecule has 0 fully saturated rings. The molecule has 2 N–H and O–H groups in total. The van der Waals surface area contributed by atoms with Gasteiger partial charge >= 0.3 is 5.69 Å². The summed E-state index contributed by atoms with van der Waals surface area (Å²) in [6.07, 6.45) is 1.30. The van der Waals surface area contributed by atoms with Gasteiger partial charge in [0.25, 0.3) is 0 Å². The van der Waals surface area contributed by atoms with Gasteiger partial charge in [0.1, 0.15) is 5.75 Å². The van der Waals surface area contributed by atoms with Crippen LogP contribution in [-0.2, 0) is 0 Å². The largest absolute Gasteiger partial charge is 0.453 e. The first-order chi connectivity index (χ1) is 9.88. The second kappa shape index (κ2) is 5.80. The van der Waals surface area contributed by atoms with E-state index in [4.69, 9.17) is 10.5 Å². The molecule has 0 radical (unpaired) electrons. The van der Waals surface area contributed by atoms with Crippen LogP contribution in [0.2, 0.25) is 0 Å². The summed E-state index contributed by atoms with van der Waals surface area (Å²) in [6, 6.07) is 3.89. The van der Waals surface area contributed by atoms with Crippen LogP contribution >= 0.6 is 0 Å². The van der Waals surface area contributed by atoms with E-state index >= 15 is 0 Å². The van der Waals surface area contributed by atoms with Crippen LogP contribution in [0.15, 0.2) is 30.5 Å². The number of pyridine rings is 1. The first-order valence-corrected chi connectivity index (χ1v) is 5.91. The van der Waals surface area contributed by atoms with Gasteiger partial charge in [-0.05, 0) is 19.1 Å². The minimum Gasteiger partial charge on any atom is -0.453 e. The summed E-state index contributed by atoms with van der Waals surface area (Å²) in [4.78, 5) is 13.5. The van der Waals surface area contributed by atoms with E-state index in [0.717, 1.165) is 0 Å². The van der Waals surface area contributed by atoms with E-state index in [1.165, 1.54) is 12.3 Å². The van der Waals surface area contributed by atoms with Crippen LogP contribution in [0.5, 0.6) is 11.5 Å². The van der Waals surface area contributed by atoms with E-state index < -0.39 is 28.0 Å². The number of hydrogen-bond donors (Lipinski definition) is 1. The van der Waals surface area contributed by atoms with E-state index in [9.17, 15) is 18.9 Å². The summed E-state index contributed by atoms with van der Waals surface area (Å²) in [6.45, 7) is 1.74. The molecular weight excluding hydrogens is 284 g/mol. The summed E-state index contributed by atoms with van der Waals surface area (Å²) in [5.74, 6) is -2.53. The van der Waals surface area contributed by atoms with Crippen molar-refractivity contribution in [2.75, 3.05) is 0 Å². The van der Waals surface area contributed by atoms with E-state index in [2.05, 4.69) is 4.98 Å². The molecule has 0 spiro atoms. The highest BCUT2D eigenvalue weighted by molar-refractivity contribution is 5.41. The molecule has 0 aliphatic carbocycles. The zero-order chi connectivity index (χ0) is 15.6. The molecule has 1 aromatic heterocycles. The number of aromatic nitrogens is 1. The smallest absolute Gasteiger partial charge is 0.307 e. The summed E-state index contributed by atoms with van der Waals surface area (Å²) in [7, 11) is 0. The summed E-state index contributed by atoms with van der Waals surface area (Å²) in [5.41, 5.74) is 5.28. The molecule has 0 bridgehead atoms. The van der Waals surface area contributed by atoms with Crippen LogP contribution in [0.1, 0.15) is 18.7 Å². The fourth-order valence-corrected chi connectivity index (χ4v) is 1.58. The van der Waals surface area contributed by atoms with Crippen molar-refractivity contribution in [2.45, 2.75) is 13.0 Å². The Bertz CT molecular complexity index is 675. The van der Waals surface area contributed by atoms with Gasteiger partial charge < -0.3 is 10.5 Å². The minimum atomic E-state index is -1.18. The lowest BCUT2D eigenvalue weighted by molar-refractivity contribution is -0.387. The molecular formula is C13H11F2N3O3. The molecule has 0 unspecified atom stereocenters. The minimum absolute atomic E-state index is 0.159. The zero-order valence-corrected chi connectivity index (χ0v) is 10.9. The molecule has 1 heterocycles. The number of halogens is 2. The van der Waals surface area contributed by atoms with Crippen molar-refractivity contribution in [2.24, 2.45) is 5.73 Å². The van der Waals surface area contributed by atoms with E-state index in [1.54, 1.807) is 13.0 Å². The Labute approximate surface area is 118 Å². The Morgan fingerprint density at radius 2 is 2.05 bits per heavy atom. The number of nitrogens with two attached hydrogens (primary N) is 1. The SMILES string of the molecule is C[C@H](N)c1ccc(Oc2cc(F)c([N+](=O)[O-])cc2F)cn1. The number of nitro benzene ring substituents is 1. The molecule has 0 saturated heterocycles. The molecule has 0 saturated carbocycles. The van der Waals surface area contributed by atoms with Gasteiger partial charge in [0, 0.05) is 12.1 Å². The average Bonchev–Trinajstić information content (AvgIpc) is 2.42. The third kappa shape index (κ3) is 3.29.